The lowest BCUT2D eigenvalue weighted by Crippen LogP contribution is -2.51. The minimum atomic E-state index is -0.797. The fourth-order valence-corrected chi connectivity index (χ4v) is 3.47. The van der Waals surface area contributed by atoms with Gasteiger partial charge in [0.05, 0.1) is 23.9 Å². The van der Waals surface area contributed by atoms with E-state index in [0.29, 0.717) is 28.9 Å². The number of carbonyl (C=O) groups excluding carboxylic acids is 2. The first-order valence-electron chi connectivity index (χ1n) is 9.87. The maximum absolute atomic E-state index is 13.2. The lowest BCUT2D eigenvalue weighted by molar-refractivity contribution is -0.128. The van der Waals surface area contributed by atoms with Gasteiger partial charge < -0.3 is 15.0 Å². The Kier molecular flexibility index (Phi) is 5.47. The molecule has 2 heterocycles. The van der Waals surface area contributed by atoms with Gasteiger partial charge in [-0.3, -0.25) is 19.1 Å². The predicted molar refractivity (Wildman–Crippen MR) is 113 cm³/mol. The van der Waals surface area contributed by atoms with E-state index in [2.05, 4.69) is 10.4 Å². The summed E-state index contributed by atoms with van der Waals surface area (Å²) >= 11 is 0. The summed E-state index contributed by atoms with van der Waals surface area (Å²) in [5, 5.41) is 7.46. The molecule has 8 heteroatoms. The summed E-state index contributed by atoms with van der Waals surface area (Å²) in [5.74, 6) is -0.0251. The van der Waals surface area contributed by atoms with Crippen LogP contribution in [0.1, 0.15) is 13.3 Å². The molecule has 0 spiro atoms. The van der Waals surface area contributed by atoms with Crippen molar-refractivity contribution < 1.29 is 14.3 Å². The molecule has 4 rings (SSSR count). The number of anilines is 1. The zero-order valence-electron chi connectivity index (χ0n) is 16.6. The summed E-state index contributed by atoms with van der Waals surface area (Å²) in [5.41, 5.74) is 0.989. The van der Waals surface area contributed by atoms with Crippen LogP contribution >= 0.6 is 0 Å². The van der Waals surface area contributed by atoms with E-state index >= 15 is 0 Å². The first kappa shape index (κ1) is 19.6. The fourth-order valence-electron chi connectivity index (χ4n) is 3.47. The van der Waals surface area contributed by atoms with Gasteiger partial charge >= 0.3 is 0 Å². The molecule has 0 aliphatic carbocycles. The highest BCUT2D eigenvalue weighted by Crippen LogP contribution is 2.33. The van der Waals surface area contributed by atoms with Crippen LogP contribution in [-0.2, 0) is 16.1 Å². The maximum Gasteiger partial charge on any atom is 0.262 e. The Labute approximate surface area is 173 Å². The number of carbonyl (C=O) groups is 2. The van der Waals surface area contributed by atoms with Crippen molar-refractivity contribution in [3.8, 4) is 5.75 Å². The highest BCUT2D eigenvalue weighted by atomic mass is 16.5. The fraction of sp³-hybridized carbons (Fsp3) is 0.273. The van der Waals surface area contributed by atoms with E-state index in [4.69, 9.17) is 4.74 Å². The molecule has 0 bridgehead atoms. The van der Waals surface area contributed by atoms with Crippen molar-refractivity contribution in [3.05, 3.63) is 65.0 Å². The third-order valence-corrected chi connectivity index (χ3v) is 4.96. The molecule has 0 unspecified atom stereocenters. The van der Waals surface area contributed by atoms with E-state index in [0.717, 1.165) is 6.42 Å². The number of para-hydroxylation sites is 3. The average molecular weight is 406 g/mol. The van der Waals surface area contributed by atoms with Crippen molar-refractivity contribution >= 4 is 28.4 Å². The molecule has 1 N–H and O–H groups in total. The van der Waals surface area contributed by atoms with Gasteiger partial charge in [0.25, 0.3) is 5.91 Å². The van der Waals surface area contributed by atoms with E-state index in [9.17, 15) is 14.4 Å². The Balaban J connectivity index is 1.64. The third-order valence-electron chi connectivity index (χ3n) is 4.96. The first-order valence-corrected chi connectivity index (χ1v) is 9.87. The van der Waals surface area contributed by atoms with Crippen LogP contribution in [0, 0.1) is 0 Å². The molecule has 0 radical (unpaired) electrons. The third kappa shape index (κ3) is 3.76. The monoisotopic (exact) mass is 406 g/mol. The van der Waals surface area contributed by atoms with Crippen molar-refractivity contribution in [2.24, 2.45) is 0 Å². The summed E-state index contributed by atoms with van der Waals surface area (Å²) in [4.78, 5) is 39.3. The van der Waals surface area contributed by atoms with Gasteiger partial charge in [-0.1, -0.05) is 31.2 Å². The molecule has 2 aromatic carbocycles. The molecule has 8 nitrogen and oxygen atoms in total. The van der Waals surface area contributed by atoms with Crippen molar-refractivity contribution in [1.82, 2.24) is 15.1 Å². The molecule has 1 atom stereocenters. The van der Waals surface area contributed by atoms with Gasteiger partial charge in [-0.15, -0.1) is 0 Å². The molecule has 0 fully saturated rings. The minimum absolute atomic E-state index is 0.0710. The van der Waals surface area contributed by atoms with Crippen LogP contribution in [0.25, 0.3) is 10.9 Å². The number of amides is 2. The molecule has 1 aromatic heterocycles. The van der Waals surface area contributed by atoms with Gasteiger partial charge in [-0.25, -0.2) is 0 Å². The normalized spacial score (nSPS) is 15.4. The molecule has 30 heavy (non-hydrogen) atoms. The van der Waals surface area contributed by atoms with Crippen LogP contribution in [0.4, 0.5) is 5.69 Å². The summed E-state index contributed by atoms with van der Waals surface area (Å²) in [6.07, 6.45) is 1.22. The van der Waals surface area contributed by atoms with Gasteiger partial charge in [0, 0.05) is 11.9 Å². The van der Waals surface area contributed by atoms with Crippen LogP contribution in [0.2, 0.25) is 0 Å². The van der Waals surface area contributed by atoms with E-state index in [1.807, 2.05) is 13.0 Å². The largest absolute Gasteiger partial charge is 0.477 e. The molecular weight excluding hydrogens is 384 g/mol. The van der Waals surface area contributed by atoms with Crippen LogP contribution in [0.3, 0.4) is 0 Å². The van der Waals surface area contributed by atoms with Crippen molar-refractivity contribution in [2.45, 2.75) is 26.0 Å². The average Bonchev–Trinajstić information content (AvgIpc) is 2.78. The Morgan fingerprint density at radius 1 is 1.17 bits per heavy atom. The molecule has 154 valence electrons. The van der Waals surface area contributed by atoms with Gasteiger partial charge in [-0.05, 0) is 30.7 Å². The van der Waals surface area contributed by atoms with Crippen LogP contribution in [0.5, 0.6) is 5.75 Å². The van der Waals surface area contributed by atoms with Gasteiger partial charge in [0.15, 0.2) is 6.10 Å². The molecule has 1 aliphatic rings. The van der Waals surface area contributed by atoms with E-state index in [1.165, 1.54) is 10.9 Å². The van der Waals surface area contributed by atoms with Crippen molar-refractivity contribution in [1.29, 1.82) is 0 Å². The summed E-state index contributed by atoms with van der Waals surface area (Å²) in [6.45, 7) is 2.54. The molecule has 3 aromatic rings. The predicted octanol–water partition coefficient (Wildman–Crippen LogP) is 1.72. The van der Waals surface area contributed by atoms with Crippen LogP contribution in [0.15, 0.2) is 59.5 Å². The number of hydrogen-bond acceptors (Lipinski definition) is 5. The van der Waals surface area contributed by atoms with Crippen molar-refractivity contribution in [2.75, 3.05) is 18.0 Å². The Morgan fingerprint density at radius 3 is 2.77 bits per heavy atom. The lowest BCUT2D eigenvalue weighted by Gasteiger charge is -2.34. The number of nitrogens with zero attached hydrogens (tertiary/aromatic N) is 3. The Bertz CT molecular complexity index is 1160. The second kappa shape index (κ2) is 8.36. The second-order valence-electron chi connectivity index (χ2n) is 7.05. The van der Waals surface area contributed by atoms with Crippen molar-refractivity contribution in [3.63, 3.8) is 0 Å². The van der Waals surface area contributed by atoms with E-state index in [-0.39, 0.29) is 30.3 Å². The van der Waals surface area contributed by atoms with Crippen LogP contribution < -0.4 is 20.4 Å². The SMILES string of the molecule is CCCNC(=O)[C@@H]1CN(C(=O)Cn2ncc(=O)c3ccccc32)c2ccccc2O1. The summed E-state index contributed by atoms with van der Waals surface area (Å²) < 4.78 is 7.34. The molecule has 1 aliphatic heterocycles. The molecule has 2 amide bonds. The minimum Gasteiger partial charge on any atom is -0.477 e. The zero-order chi connectivity index (χ0) is 21.1. The quantitative estimate of drug-likeness (QED) is 0.696. The number of fused-ring (bicyclic) bond motifs is 2. The van der Waals surface area contributed by atoms with Gasteiger partial charge in [0.2, 0.25) is 11.3 Å². The smallest absolute Gasteiger partial charge is 0.262 e. The zero-order valence-corrected chi connectivity index (χ0v) is 16.6. The van der Waals surface area contributed by atoms with Gasteiger partial charge in [-0.2, -0.15) is 5.10 Å². The first-order chi connectivity index (χ1) is 14.6. The van der Waals surface area contributed by atoms with Crippen LogP contribution in [-0.4, -0.2) is 40.8 Å². The molecular formula is C22H22N4O4. The summed E-state index contributed by atoms with van der Waals surface area (Å²) in [7, 11) is 0. The molecule has 0 saturated carbocycles. The number of benzene rings is 2. The van der Waals surface area contributed by atoms with E-state index in [1.54, 1.807) is 47.4 Å². The second-order valence-corrected chi connectivity index (χ2v) is 7.05. The number of hydrogen-bond donors (Lipinski definition) is 1. The number of rotatable bonds is 5. The van der Waals surface area contributed by atoms with Gasteiger partial charge in [0.1, 0.15) is 12.3 Å². The standard InChI is InChI=1S/C22H22N4O4/c1-2-11-23-22(29)20-13-25(17-9-5-6-10-19(17)30-20)21(28)14-26-16-8-4-3-7-15(16)18(27)12-24-26/h3-10,12,20H,2,11,13-14H2,1H3,(H,23,29)/t20-/m0/s1. The lowest BCUT2D eigenvalue weighted by atomic mass is 10.1. The number of nitrogens with one attached hydrogen (secondary N) is 1. The topological polar surface area (TPSA) is 93.5 Å². The maximum atomic E-state index is 13.2. The summed E-state index contributed by atoms with van der Waals surface area (Å²) in [6, 6.07) is 14.2. The molecule has 0 saturated heterocycles. The highest BCUT2D eigenvalue weighted by Gasteiger charge is 2.33. The highest BCUT2D eigenvalue weighted by molar-refractivity contribution is 5.97. The van der Waals surface area contributed by atoms with E-state index < -0.39 is 6.10 Å². The Morgan fingerprint density at radius 2 is 1.93 bits per heavy atom. The number of aromatic nitrogens is 2. The number of ether oxygens (including phenoxy) is 1. The Hall–Kier alpha value is -3.68.